The Morgan fingerprint density at radius 1 is 1.22 bits per heavy atom. The predicted octanol–water partition coefficient (Wildman–Crippen LogP) is 2.51. The first-order valence-electron chi connectivity index (χ1n) is 7.14. The first-order chi connectivity index (χ1) is 12.6. The number of nitro benzene ring substituents is 1. The minimum Gasteiger partial charge on any atom is -0.619 e. The largest absolute Gasteiger partial charge is 0.619 e. The molecule has 0 spiro atoms. The molecule has 0 amide bonds. The van der Waals surface area contributed by atoms with Gasteiger partial charge in [0.1, 0.15) is 5.69 Å². The molecule has 3 rings (SSSR count). The van der Waals surface area contributed by atoms with Crippen molar-refractivity contribution in [2.45, 2.75) is 6.18 Å². The Hall–Kier alpha value is -3.83. The van der Waals surface area contributed by atoms with Gasteiger partial charge in [0.2, 0.25) is 11.9 Å². The number of hydrogen-bond acceptors (Lipinski definition) is 6. The molecule has 0 radical (unpaired) electrons. The fraction of sp³-hybridized carbons (Fsp3) is 0.0667. The Bertz CT molecular complexity index is 1050. The molecule has 0 aliphatic carbocycles. The molecule has 0 saturated heterocycles. The van der Waals surface area contributed by atoms with Crippen LogP contribution in [0, 0.1) is 15.3 Å². The lowest BCUT2D eigenvalue weighted by Crippen LogP contribution is -2.28. The van der Waals surface area contributed by atoms with E-state index in [0.29, 0.717) is 18.5 Å². The number of nitrogens with zero attached hydrogens (tertiary/aromatic N) is 4. The number of pyridine rings is 1. The van der Waals surface area contributed by atoms with Crippen molar-refractivity contribution < 1.29 is 33.0 Å². The number of phenolic OH excluding ortho intramolecular Hbond substituents is 2. The summed E-state index contributed by atoms with van der Waals surface area (Å²) in [4.78, 5) is 10.0. The van der Waals surface area contributed by atoms with Crippen LogP contribution in [0.4, 0.5) is 18.9 Å². The lowest BCUT2D eigenvalue weighted by Gasteiger charge is -2.14. The van der Waals surface area contributed by atoms with Gasteiger partial charge in [0.15, 0.2) is 11.9 Å². The van der Waals surface area contributed by atoms with Gasteiger partial charge in [0.25, 0.3) is 0 Å². The zero-order valence-corrected chi connectivity index (χ0v) is 13.1. The first-order valence-corrected chi connectivity index (χ1v) is 7.14. The Kier molecular flexibility index (Phi) is 4.10. The van der Waals surface area contributed by atoms with Crippen molar-refractivity contribution in [3.05, 3.63) is 63.7 Å². The number of halogens is 3. The van der Waals surface area contributed by atoms with Crippen LogP contribution in [-0.4, -0.2) is 24.9 Å². The minimum atomic E-state index is -4.80. The van der Waals surface area contributed by atoms with Gasteiger partial charge in [-0.3, -0.25) is 10.1 Å². The molecule has 27 heavy (non-hydrogen) atoms. The van der Waals surface area contributed by atoms with Crippen molar-refractivity contribution in [2.75, 3.05) is 0 Å². The summed E-state index contributed by atoms with van der Waals surface area (Å²) in [6.07, 6.45) is -2.36. The molecule has 0 unspecified atom stereocenters. The number of aromatic hydroxyl groups is 2. The first kappa shape index (κ1) is 18.0. The Labute approximate surface area is 147 Å². The predicted molar refractivity (Wildman–Crippen MR) is 82.9 cm³/mol. The molecule has 9 nitrogen and oxygen atoms in total. The highest BCUT2D eigenvalue weighted by Crippen LogP contribution is 2.40. The smallest absolute Gasteiger partial charge is 0.418 e. The Morgan fingerprint density at radius 2 is 1.93 bits per heavy atom. The van der Waals surface area contributed by atoms with E-state index in [1.165, 1.54) is 6.07 Å². The van der Waals surface area contributed by atoms with Crippen molar-refractivity contribution in [3.63, 3.8) is 0 Å². The summed E-state index contributed by atoms with van der Waals surface area (Å²) < 4.78 is 40.7. The number of benzene rings is 1. The molecule has 2 N–H and O–H groups in total. The molecular formula is C15H9F3N4O5. The van der Waals surface area contributed by atoms with Crippen LogP contribution in [0.1, 0.15) is 5.56 Å². The molecule has 2 heterocycles. The number of rotatable bonds is 3. The van der Waals surface area contributed by atoms with Gasteiger partial charge in [-0.25, -0.2) is 4.68 Å². The van der Waals surface area contributed by atoms with Gasteiger partial charge in [0, 0.05) is 17.7 Å². The summed E-state index contributed by atoms with van der Waals surface area (Å²) in [5.41, 5.74) is -2.79. The van der Waals surface area contributed by atoms with E-state index in [4.69, 9.17) is 0 Å². The van der Waals surface area contributed by atoms with E-state index in [9.17, 15) is 38.7 Å². The van der Waals surface area contributed by atoms with E-state index in [0.717, 1.165) is 23.0 Å². The standard InChI is InChI=1S/C15H9F3N4O5/c16-15(17,18)9-2-4-20(25)7-12(9)21-10(1-3-19-21)8-5-11(22(26)27)14(24)13(23)6-8/h1-7,23-24H. The van der Waals surface area contributed by atoms with Crippen LogP contribution in [0.2, 0.25) is 0 Å². The average molecular weight is 382 g/mol. The van der Waals surface area contributed by atoms with Gasteiger partial charge in [-0.2, -0.15) is 23.0 Å². The zero-order chi connectivity index (χ0) is 19.9. The molecule has 0 fully saturated rings. The van der Waals surface area contributed by atoms with Crippen molar-refractivity contribution in [1.29, 1.82) is 0 Å². The quantitative estimate of drug-likeness (QED) is 0.235. The highest BCUT2D eigenvalue weighted by molar-refractivity contribution is 5.71. The monoisotopic (exact) mass is 382 g/mol. The summed E-state index contributed by atoms with van der Waals surface area (Å²) in [6.45, 7) is 0. The van der Waals surface area contributed by atoms with Crippen molar-refractivity contribution in [1.82, 2.24) is 9.78 Å². The topological polar surface area (TPSA) is 128 Å². The highest BCUT2D eigenvalue weighted by atomic mass is 19.4. The van der Waals surface area contributed by atoms with Gasteiger partial charge >= 0.3 is 11.9 Å². The van der Waals surface area contributed by atoms with Crippen LogP contribution in [-0.2, 0) is 6.18 Å². The molecule has 0 bridgehead atoms. The number of alkyl halides is 3. The third kappa shape index (κ3) is 3.19. The second-order valence-electron chi connectivity index (χ2n) is 5.35. The maximum atomic E-state index is 13.3. The molecule has 0 aliphatic rings. The van der Waals surface area contributed by atoms with E-state index in [-0.39, 0.29) is 16.0 Å². The molecule has 140 valence electrons. The summed E-state index contributed by atoms with van der Waals surface area (Å²) in [6, 6.07) is 3.60. The van der Waals surface area contributed by atoms with Gasteiger partial charge in [0.05, 0.1) is 22.4 Å². The fourth-order valence-corrected chi connectivity index (χ4v) is 2.48. The highest BCUT2D eigenvalue weighted by Gasteiger charge is 2.36. The van der Waals surface area contributed by atoms with Gasteiger partial charge < -0.3 is 15.4 Å². The Balaban J connectivity index is 2.26. The van der Waals surface area contributed by atoms with E-state index < -0.39 is 39.5 Å². The second-order valence-corrected chi connectivity index (χ2v) is 5.35. The number of hydrogen-bond donors (Lipinski definition) is 2. The van der Waals surface area contributed by atoms with E-state index in [2.05, 4.69) is 5.10 Å². The average Bonchev–Trinajstić information content (AvgIpc) is 3.05. The second kappa shape index (κ2) is 6.16. The SMILES string of the molecule is O=[N+]([O-])c1cc(-c2ccnn2-c2c[n+]([O-])ccc2C(F)(F)F)cc(O)c1O. The maximum absolute atomic E-state index is 13.3. The number of nitro groups is 1. The summed E-state index contributed by atoms with van der Waals surface area (Å²) in [7, 11) is 0. The van der Waals surface area contributed by atoms with Gasteiger partial charge in [-0.05, 0) is 12.1 Å². The molecule has 0 atom stereocenters. The molecule has 1 aromatic carbocycles. The summed E-state index contributed by atoms with van der Waals surface area (Å²) in [5, 5.41) is 45.5. The number of phenols is 2. The fourth-order valence-electron chi connectivity index (χ4n) is 2.48. The van der Waals surface area contributed by atoms with E-state index in [1.807, 2.05) is 0 Å². The lowest BCUT2D eigenvalue weighted by molar-refractivity contribution is -0.605. The number of aromatic nitrogens is 3. The summed E-state index contributed by atoms with van der Waals surface area (Å²) in [5.74, 6) is -1.82. The normalized spacial score (nSPS) is 11.5. The van der Waals surface area contributed by atoms with Gasteiger partial charge in [-0.15, -0.1) is 0 Å². The van der Waals surface area contributed by atoms with Crippen molar-refractivity contribution in [3.8, 4) is 28.4 Å². The van der Waals surface area contributed by atoms with Crippen LogP contribution in [0.25, 0.3) is 16.9 Å². The van der Waals surface area contributed by atoms with Crippen molar-refractivity contribution in [2.24, 2.45) is 0 Å². The molecular weight excluding hydrogens is 373 g/mol. The third-order valence-corrected chi connectivity index (χ3v) is 3.65. The molecule has 0 aliphatic heterocycles. The van der Waals surface area contributed by atoms with Crippen LogP contribution in [0.15, 0.2) is 42.9 Å². The molecule has 3 aromatic rings. The summed E-state index contributed by atoms with van der Waals surface area (Å²) >= 11 is 0. The lowest BCUT2D eigenvalue weighted by atomic mass is 10.1. The minimum absolute atomic E-state index is 0.0786. The zero-order valence-electron chi connectivity index (χ0n) is 13.1. The molecule has 12 heteroatoms. The maximum Gasteiger partial charge on any atom is 0.418 e. The van der Waals surface area contributed by atoms with Crippen LogP contribution >= 0.6 is 0 Å². The van der Waals surface area contributed by atoms with Gasteiger partial charge in [-0.1, -0.05) is 0 Å². The Morgan fingerprint density at radius 3 is 2.56 bits per heavy atom. The van der Waals surface area contributed by atoms with Crippen LogP contribution < -0.4 is 4.73 Å². The van der Waals surface area contributed by atoms with Crippen LogP contribution in [0.5, 0.6) is 11.5 Å². The third-order valence-electron chi connectivity index (χ3n) is 3.65. The molecule has 0 saturated carbocycles. The molecule has 2 aromatic heterocycles. The van der Waals surface area contributed by atoms with Crippen molar-refractivity contribution >= 4 is 5.69 Å². The van der Waals surface area contributed by atoms with E-state index in [1.54, 1.807) is 0 Å². The van der Waals surface area contributed by atoms with E-state index >= 15 is 0 Å². The van der Waals surface area contributed by atoms with Crippen LogP contribution in [0.3, 0.4) is 0 Å².